The normalized spacial score (nSPS) is 14.8. The van der Waals surface area contributed by atoms with Crippen molar-refractivity contribution in [3.63, 3.8) is 0 Å². The van der Waals surface area contributed by atoms with Crippen molar-refractivity contribution < 1.29 is 0 Å². The van der Waals surface area contributed by atoms with Crippen LogP contribution in [-0.4, -0.2) is 0 Å². The zero-order valence-corrected chi connectivity index (χ0v) is 14.6. The Morgan fingerprint density at radius 3 is 1.76 bits per heavy atom. The summed E-state index contributed by atoms with van der Waals surface area (Å²) in [5.41, 5.74) is 12.6. The lowest BCUT2D eigenvalue weighted by molar-refractivity contribution is 1.03. The highest BCUT2D eigenvalue weighted by Crippen LogP contribution is 2.54. The molecule has 0 radical (unpaired) electrons. The smallest absolute Gasteiger partial charge is 0.0358 e. The average molecular weight is 320 g/mol. The van der Waals surface area contributed by atoms with Gasteiger partial charge < -0.3 is 0 Å². The molecule has 0 N–H and O–H groups in total. The molecule has 0 bridgehead atoms. The van der Waals surface area contributed by atoms with Crippen LogP contribution in [-0.2, 0) is 0 Å². The molecular weight excluding hydrogens is 300 g/mol. The molecule has 0 nitrogen and oxygen atoms in total. The molecule has 120 valence electrons. The Balaban J connectivity index is 1.79. The van der Waals surface area contributed by atoms with Gasteiger partial charge in [-0.2, -0.15) is 0 Å². The van der Waals surface area contributed by atoms with Gasteiger partial charge in [0.05, 0.1) is 0 Å². The number of fused-ring (bicyclic) bond motifs is 4. The van der Waals surface area contributed by atoms with Crippen LogP contribution in [0, 0.1) is 0 Å². The van der Waals surface area contributed by atoms with E-state index in [0.717, 1.165) is 0 Å². The maximum absolute atomic E-state index is 2.40. The average Bonchev–Trinajstić information content (AvgIpc) is 3.17. The molecule has 0 spiro atoms. The number of hydrogen-bond donors (Lipinski definition) is 0. The zero-order valence-electron chi connectivity index (χ0n) is 14.6. The molecule has 0 heteroatoms. The molecule has 25 heavy (non-hydrogen) atoms. The summed E-state index contributed by atoms with van der Waals surface area (Å²) in [4.78, 5) is 0. The predicted molar refractivity (Wildman–Crippen MR) is 106 cm³/mol. The van der Waals surface area contributed by atoms with Crippen molar-refractivity contribution in [2.45, 2.75) is 19.8 Å². The first kappa shape index (κ1) is 14.5. The van der Waals surface area contributed by atoms with E-state index in [1.165, 1.54) is 50.1 Å². The van der Waals surface area contributed by atoms with Crippen LogP contribution < -0.4 is 0 Å². The van der Waals surface area contributed by atoms with Crippen LogP contribution in [0.3, 0.4) is 0 Å². The lowest BCUT2D eigenvalue weighted by Crippen LogP contribution is -2.02. The standard InChI is InChI=1S/C25H20/c1-16(2)24-18-10-4-3-9-17(18)15-23(24)25-21-13-7-5-11-19(21)20-12-6-8-14-22(20)25/h3-15,25H,1-2H3. The lowest BCUT2D eigenvalue weighted by Gasteiger charge is -2.19. The first-order valence-electron chi connectivity index (χ1n) is 8.93. The maximum atomic E-state index is 2.40. The van der Waals surface area contributed by atoms with Crippen LogP contribution in [0.5, 0.6) is 0 Å². The van der Waals surface area contributed by atoms with Crippen molar-refractivity contribution >= 4 is 11.6 Å². The van der Waals surface area contributed by atoms with E-state index in [1.807, 2.05) is 0 Å². The third-order valence-electron chi connectivity index (χ3n) is 5.47. The number of hydrogen-bond acceptors (Lipinski definition) is 0. The second kappa shape index (κ2) is 5.32. The predicted octanol–water partition coefficient (Wildman–Crippen LogP) is 6.69. The van der Waals surface area contributed by atoms with Crippen LogP contribution >= 0.6 is 0 Å². The summed E-state index contributed by atoms with van der Waals surface area (Å²) in [5, 5.41) is 0. The van der Waals surface area contributed by atoms with Crippen LogP contribution in [0.1, 0.15) is 42.0 Å². The second-order valence-corrected chi connectivity index (χ2v) is 7.17. The first-order valence-corrected chi connectivity index (χ1v) is 8.93. The Morgan fingerprint density at radius 2 is 1.16 bits per heavy atom. The number of allylic oxidation sites excluding steroid dienone is 3. The number of rotatable bonds is 1. The van der Waals surface area contributed by atoms with Gasteiger partial charge in [0.15, 0.2) is 0 Å². The molecule has 0 saturated heterocycles. The minimum absolute atomic E-state index is 0.324. The Bertz CT molecular complexity index is 1010. The molecule has 5 rings (SSSR count). The van der Waals surface area contributed by atoms with Gasteiger partial charge in [0.25, 0.3) is 0 Å². The van der Waals surface area contributed by atoms with Gasteiger partial charge in [-0.25, -0.2) is 0 Å². The quantitative estimate of drug-likeness (QED) is 0.468. The highest BCUT2D eigenvalue weighted by atomic mass is 14.4. The lowest BCUT2D eigenvalue weighted by atomic mass is 9.84. The van der Waals surface area contributed by atoms with E-state index in [-0.39, 0.29) is 0 Å². The number of benzene rings is 3. The highest BCUT2D eigenvalue weighted by molar-refractivity contribution is 5.99. The summed E-state index contributed by atoms with van der Waals surface area (Å²) in [5.74, 6) is 0.324. The van der Waals surface area contributed by atoms with Crippen LogP contribution in [0.15, 0.2) is 83.9 Å². The van der Waals surface area contributed by atoms with Gasteiger partial charge in [-0.05, 0) is 64.5 Å². The summed E-state index contributed by atoms with van der Waals surface area (Å²) in [6, 6.07) is 26.5. The van der Waals surface area contributed by atoms with E-state index in [1.54, 1.807) is 0 Å². The molecule has 0 aromatic heterocycles. The zero-order chi connectivity index (χ0) is 17.0. The van der Waals surface area contributed by atoms with Gasteiger partial charge in [-0.15, -0.1) is 0 Å². The minimum atomic E-state index is 0.324. The van der Waals surface area contributed by atoms with E-state index >= 15 is 0 Å². The molecule has 0 amide bonds. The second-order valence-electron chi connectivity index (χ2n) is 7.17. The molecule has 3 aromatic rings. The molecule has 0 heterocycles. The fourth-order valence-electron chi connectivity index (χ4n) is 4.52. The maximum Gasteiger partial charge on any atom is 0.0358 e. The monoisotopic (exact) mass is 320 g/mol. The van der Waals surface area contributed by atoms with E-state index in [2.05, 4.69) is 92.7 Å². The summed E-state index contributed by atoms with van der Waals surface area (Å²) in [6.45, 7) is 4.47. The van der Waals surface area contributed by atoms with Crippen molar-refractivity contribution in [3.8, 4) is 11.1 Å². The summed E-state index contributed by atoms with van der Waals surface area (Å²) in [7, 11) is 0. The first-order chi connectivity index (χ1) is 12.3. The van der Waals surface area contributed by atoms with E-state index in [4.69, 9.17) is 0 Å². The van der Waals surface area contributed by atoms with E-state index < -0.39 is 0 Å². The van der Waals surface area contributed by atoms with Gasteiger partial charge >= 0.3 is 0 Å². The molecule has 2 aliphatic carbocycles. The third-order valence-corrected chi connectivity index (χ3v) is 5.47. The van der Waals surface area contributed by atoms with Crippen LogP contribution in [0.2, 0.25) is 0 Å². The van der Waals surface area contributed by atoms with Gasteiger partial charge in [-0.1, -0.05) is 78.4 Å². The summed E-state index contributed by atoms with van der Waals surface area (Å²) in [6.07, 6.45) is 2.40. The van der Waals surface area contributed by atoms with Crippen molar-refractivity contribution in [1.29, 1.82) is 0 Å². The Morgan fingerprint density at radius 1 is 0.640 bits per heavy atom. The van der Waals surface area contributed by atoms with E-state index in [9.17, 15) is 0 Å². The van der Waals surface area contributed by atoms with Crippen molar-refractivity contribution in [2.75, 3.05) is 0 Å². The molecule has 0 atom stereocenters. The fourth-order valence-corrected chi connectivity index (χ4v) is 4.52. The van der Waals surface area contributed by atoms with Gasteiger partial charge in [0.2, 0.25) is 0 Å². The molecule has 0 saturated carbocycles. The molecule has 0 unspecified atom stereocenters. The topological polar surface area (TPSA) is 0 Å². The summed E-state index contributed by atoms with van der Waals surface area (Å²) < 4.78 is 0. The molecular formula is C25H20. The largest absolute Gasteiger partial charge is 0.0683 e. The van der Waals surface area contributed by atoms with Crippen LogP contribution in [0.25, 0.3) is 22.8 Å². The Kier molecular flexibility index (Phi) is 3.08. The van der Waals surface area contributed by atoms with Crippen molar-refractivity contribution in [3.05, 3.63) is 106 Å². The van der Waals surface area contributed by atoms with Gasteiger partial charge in [-0.3, -0.25) is 0 Å². The van der Waals surface area contributed by atoms with Crippen molar-refractivity contribution in [1.82, 2.24) is 0 Å². The van der Waals surface area contributed by atoms with Gasteiger partial charge in [0, 0.05) is 5.92 Å². The third kappa shape index (κ3) is 2.01. The summed E-state index contributed by atoms with van der Waals surface area (Å²) >= 11 is 0. The molecule has 3 aromatic carbocycles. The molecule has 2 aliphatic rings. The molecule has 0 aliphatic heterocycles. The fraction of sp³-hybridized carbons (Fsp3) is 0.120. The minimum Gasteiger partial charge on any atom is -0.0683 e. The van der Waals surface area contributed by atoms with Gasteiger partial charge in [0.1, 0.15) is 0 Å². The van der Waals surface area contributed by atoms with Crippen molar-refractivity contribution in [2.24, 2.45) is 0 Å². The Labute approximate surface area is 149 Å². The van der Waals surface area contributed by atoms with E-state index in [0.29, 0.717) is 5.92 Å². The SMILES string of the molecule is CC(C)=C1C(C2c3ccccc3-c3ccccc32)=Cc2ccccc21. The highest BCUT2D eigenvalue weighted by Gasteiger charge is 2.34. The Hall–Kier alpha value is -2.86. The molecule has 0 fully saturated rings. The van der Waals surface area contributed by atoms with Crippen LogP contribution in [0.4, 0.5) is 0 Å².